The predicted molar refractivity (Wildman–Crippen MR) is 144 cm³/mol. The average molecular weight is 549 g/mol. The van der Waals surface area contributed by atoms with E-state index in [1.807, 2.05) is 73.7 Å². The molecule has 0 N–H and O–H groups in total. The first kappa shape index (κ1) is 23.7. The number of ether oxygens (including phenoxy) is 1. The van der Waals surface area contributed by atoms with E-state index in [1.54, 1.807) is 5.01 Å². The van der Waals surface area contributed by atoms with E-state index in [1.165, 1.54) is 7.11 Å². The van der Waals surface area contributed by atoms with Crippen molar-refractivity contribution in [3.8, 4) is 11.1 Å². The van der Waals surface area contributed by atoms with Gasteiger partial charge in [-0.3, -0.25) is 9.78 Å². The molecule has 5 nitrogen and oxygen atoms in total. The molecule has 0 radical (unpaired) electrons. The van der Waals surface area contributed by atoms with E-state index in [4.69, 9.17) is 26.4 Å². The molecule has 7 heteroatoms. The fraction of sp³-hybridized carbons (Fsp3) is 0.179. The highest BCUT2D eigenvalue weighted by Gasteiger charge is 2.35. The van der Waals surface area contributed by atoms with E-state index < -0.39 is 0 Å². The van der Waals surface area contributed by atoms with Crippen LogP contribution in [0, 0.1) is 6.92 Å². The molecule has 1 aliphatic heterocycles. The van der Waals surface area contributed by atoms with Crippen molar-refractivity contribution in [2.24, 2.45) is 5.10 Å². The number of aromatic nitrogens is 1. The number of nitrogens with zero attached hydrogens (tertiary/aromatic N) is 3. The zero-order chi connectivity index (χ0) is 24.5. The van der Waals surface area contributed by atoms with Gasteiger partial charge in [-0.1, -0.05) is 70.0 Å². The predicted octanol–water partition coefficient (Wildman–Crippen LogP) is 6.95. The number of pyridine rings is 1. The lowest BCUT2D eigenvalue weighted by Gasteiger charge is -2.22. The van der Waals surface area contributed by atoms with Crippen molar-refractivity contribution in [2.45, 2.75) is 19.4 Å². The molecule has 0 unspecified atom stereocenters. The Labute approximate surface area is 217 Å². The van der Waals surface area contributed by atoms with Crippen molar-refractivity contribution in [2.75, 3.05) is 13.7 Å². The van der Waals surface area contributed by atoms with Crippen LogP contribution in [0.2, 0.25) is 5.02 Å². The molecule has 0 saturated carbocycles. The molecule has 0 fully saturated rings. The summed E-state index contributed by atoms with van der Waals surface area (Å²) in [6.45, 7) is 1.96. The van der Waals surface area contributed by atoms with Crippen LogP contribution in [0.4, 0.5) is 0 Å². The number of methoxy groups -OCH3 is 1. The minimum absolute atomic E-state index is 0.0414. The van der Waals surface area contributed by atoms with E-state index >= 15 is 0 Å². The summed E-state index contributed by atoms with van der Waals surface area (Å²) in [5, 5.41) is 8.13. The van der Waals surface area contributed by atoms with Gasteiger partial charge in [-0.25, -0.2) is 5.01 Å². The third-order valence-electron chi connectivity index (χ3n) is 6.16. The first-order valence-corrected chi connectivity index (χ1v) is 12.4. The van der Waals surface area contributed by atoms with Crippen LogP contribution in [0.15, 0.2) is 82.4 Å². The van der Waals surface area contributed by atoms with Crippen LogP contribution in [-0.2, 0) is 9.53 Å². The van der Waals surface area contributed by atoms with Crippen molar-refractivity contribution in [1.29, 1.82) is 0 Å². The maximum Gasteiger partial charge on any atom is 0.269 e. The van der Waals surface area contributed by atoms with Crippen LogP contribution in [-0.4, -0.2) is 35.3 Å². The monoisotopic (exact) mass is 547 g/mol. The number of halogens is 2. The number of para-hydroxylation sites is 1. The van der Waals surface area contributed by atoms with E-state index in [9.17, 15) is 4.79 Å². The molecule has 1 aliphatic rings. The summed E-state index contributed by atoms with van der Waals surface area (Å²) < 4.78 is 6.11. The molecule has 1 atom stereocenters. The van der Waals surface area contributed by atoms with E-state index in [0.29, 0.717) is 11.4 Å². The van der Waals surface area contributed by atoms with E-state index in [2.05, 4.69) is 22.0 Å². The number of carbonyl (C=O) groups is 1. The molecule has 1 aromatic heterocycles. The second-order valence-electron chi connectivity index (χ2n) is 8.46. The molecule has 1 amide bonds. The average Bonchev–Trinajstić information content (AvgIpc) is 3.29. The molecule has 5 rings (SSSR count). The zero-order valence-electron chi connectivity index (χ0n) is 19.3. The Balaban J connectivity index is 1.71. The van der Waals surface area contributed by atoms with Crippen molar-refractivity contribution >= 4 is 50.1 Å². The molecular formula is C28H23BrClN3O2. The molecule has 0 spiro atoms. The van der Waals surface area contributed by atoms with Gasteiger partial charge in [0, 0.05) is 45.2 Å². The van der Waals surface area contributed by atoms with Crippen LogP contribution >= 0.6 is 27.5 Å². The maximum atomic E-state index is 13.0. The normalized spacial score (nSPS) is 15.5. The number of hydrazone groups is 1. The summed E-state index contributed by atoms with van der Waals surface area (Å²) in [7, 11) is 1.52. The van der Waals surface area contributed by atoms with Crippen LogP contribution in [0.3, 0.4) is 0 Å². The third kappa shape index (κ3) is 4.61. The van der Waals surface area contributed by atoms with Gasteiger partial charge < -0.3 is 4.74 Å². The number of hydrogen-bond acceptors (Lipinski definition) is 4. The Hall–Kier alpha value is -3.06. The van der Waals surface area contributed by atoms with Crippen molar-refractivity contribution in [3.63, 3.8) is 0 Å². The SMILES string of the molecule is COCC(=O)N1N=C(c2c(C)nc3ccccc3c2-c2ccc(Cl)cc2)C[C@H]1c1cccc(Br)c1. The first-order valence-electron chi connectivity index (χ1n) is 11.3. The fourth-order valence-electron chi connectivity index (χ4n) is 4.66. The van der Waals surface area contributed by atoms with Gasteiger partial charge in [0.25, 0.3) is 5.91 Å². The third-order valence-corrected chi connectivity index (χ3v) is 6.91. The number of carbonyl (C=O) groups excluding carboxylic acids is 1. The van der Waals surface area contributed by atoms with Crippen molar-refractivity contribution in [3.05, 3.63) is 99.1 Å². The molecule has 35 heavy (non-hydrogen) atoms. The molecule has 0 bridgehead atoms. The lowest BCUT2D eigenvalue weighted by Crippen LogP contribution is -2.30. The molecule has 4 aromatic rings. The Morgan fingerprint density at radius 1 is 1.09 bits per heavy atom. The minimum Gasteiger partial charge on any atom is -0.375 e. The van der Waals surface area contributed by atoms with Gasteiger partial charge in [-0.2, -0.15) is 5.10 Å². The Kier molecular flexibility index (Phi) is 6.69. The number of amides is 1. The number of rotatable bonds is 5. The topological polar surface area (TPSA) is 54.8 Å². The number of fused-ring (bicyclic) bond motifs is 1. The summed E-state index contributed by atoms with van der Waals surface area (Å²) >= 11 is 9.76. The van der Waals surface area contributed by atoms with Crippen LogP contribution in [0.5, 0.6) is 0 Å². The number of aryl methyl sites for hydroxylation is 1. The standard InChI is InChI=1S/C28H23BrClN3O2/c1-17-27(28(18-10-12-21(30)13-11-18)22-8-3-4-9-23(22)31-17)24-15-25(19-6-5-7-20(29)14-19)33(32-24)26(34)16-35-2/h3-14,25H,15-16H2,1-2H3/t25-/m0/s1. The fourth-order valence-corrected chi connectivity index (χ4v) is 5.20. The van der Waals surface area contributed by atoms with E-state index in [0.717, 1.165) is 49.0 Å². The van der Waals surface area contributed by atoms with Crippen molar-refractivity contribution < 1.29 is 9.53 Å². The second kappa shape index (κ2) is 9.90. The van der Waals surface area contributed by atoms with Gasteiger partial charge in [0.15, 0.2) is 0 Å². The van der Waals surface area contributed by atoms with Gasteiger partial charge in [0.1, 0.15) is 6.61 Å². The van der Waals surface area contributed by atoms with Crippen LogP contribution < -0.4 is 0 Å². The summed E-state index contributed by atoms with van der Waals surface area (Å²) in [5.74, 6) is -0.188. The number of benzene rings is 3. The second-order valence-corrected chi connectivity index (χ2v) is 9.82. The lowest BCUT2D eigenvalue weighted by atomic mass is 9.89. The summed E-state index contributed by atoms with van der Waals surface area (Å²) in [6, 6.07) is 23.6. The summed E-state index contributed by atoms with van der Waals surface area (Å²) in [4.78, 5) is 17.9. The Morgan fingerprint density at radius 2 is 1.86 bits per heavy atom. The lowest BCUT2D eigenvalue weighted by molar-refractivity contribution is -0.137. The van der Waals surface area contributed by atoms with E-state index in [-0.39, 0.29) is 18.6 Å². The zero-order valence-corrected chi connectivity index (χ0v) is 21.7. The smallest absolute Gasteiger partial charge is 0.269 e. The summed E-state index contributed by atoms with van der Waals surface area (Å²) in [5.41, 5.74) is 6.60. The van der Waals surface area contributed by atoms with Gasteiger partial charge in [0.05, 0.1) is 17.3 Å². The van der Waals surface area contributed by atoms with Gasteiger partial charge in [0.2, 0.25) is 0 Å². The Morgan fingerprint density at radius 3 is 2.60 bits per heavy atom. The Bertz CT molecular complexity index is 1450. The molecule has 0 saturated heterocycles. The first-order chi connectivity index (χ1) is 17.0. The highest BCUT2D eigenvalue weighted by Crippen LogP contribution is 2.40. The minimum atomic E-state index is -0.242. The largest absolute Gasteiger partial charge is 0.375 e. The number of hydrogen-bond donors (Lipinski definition) is 0. The quantitative estimate of drug-likeness (QED) is 0.271. The van der Waals surface area contributed by atoms with Crippen LogP contribution in [0.1, 0.15) is 29.3 Å². The molecule has 3 aromatic carbocycles. The maximum absolute atomic E-state index is 13.0. The van der Waals surface area contributed by atoms with Gasteiger partial charge in [-0.05, 0) is 48.4 Å². The van der Waals surface area contributed by atoms with Gasteiger partial charge in [-0.15, -0.1) is 0 Å². The highest BCUT2D eigenvalue weighted by atomic mass is 79.9. The summed E-state index contributed by atoms with van der Waals surface area (Å²) in [6.07, 6.45) is 0.563. The van der Waals surface area contributed by atoms with Crippen molar-refractivity contribution in [1.82, 2.24) is 9.99 Å². The molecule has 0 aliphatic carbocycles. The molecule has 2 heterocycles. The molecule has 176 valence electrons. The van der Waals surface area contributed by atoms with Crippen LogP contribution in [0.25, 0.3) is 22.0 Å². The molecular weight excluding hydrogens is 526 g/mol. The van der Waals surface area contributed by atoms with Gasteiger partial charge >= 0.3 is 0 Å². The highest BCUT2D eigenvalue weighted by molar-refractivity contribution is 9.10.